The highest BCUT2D eigenvalue weighted by Gasteiger charge is 2.25. The topological polar surface area (TPSA) is 102 Å². The van der Waals surface area contributed by atoms with Crippen molar-refractivity contribution in [1.29, 1.82) is 0 Å². The summed E-state index contributed by atoms with van der Waals surface area (Å²) < 4.78 is 46.7. The van der Waals surface area contributed by atoms with E-state index in [9.17, 15) is 22.4 Å². The number of carbonyl (C=O) groups is 2. The molecule has 0 spiro atoms. The fraction of sp³-hybridized carbons (Fsp3) is 0.524. The second-order valence-electron chi connectivity index (χ2n) is 7.92. The second kappa shape index (κ2) is 9.70. The van der Waals surface area contributed by atoms with Crippen LogP contribution in [0, 0.1) is 17.7 Å². The number of imide groups is 1. The summed E-state index contributed by atoms with van der Waals surface area (Å²) in [5.41, 5.74) is 0.610. The van der Waals surface area contributed by atoms with E-state index in [1.165, 1.54) is 24.3 Å². The van der Waals surface area contributed by atoms with Gasteiger partial charge in [0.15, 0.2) is 11.6 Å². The number of rotatable bonds is 10. The minimum atomic E-state index is -3.62. The van der Waals surface area contributed by atoms with E-state index in [2.05, 4.69) is 10.0 Å². The second-order valence-corrected chi connectivity index (χ2v) is 9.72. The molecule has 2 fully saturated rings. The van der Waals surface area contributed by atoms with Crippen LogP contribution in [0.1, 0.15) is 50.6 Å². The smallest absolute Gasteiger partial charge is 0.229 e. The van der Waals surface area contributed by atoms with Crippen LogP contribution in [0.15, 0.2) is 30.4 Å². The molecule has 30 heavy (non-hydrogen) atoms. The summed E-state index contributed by atoms with van der Waals surface area (Å²) in [6.45, 7) is 2.15. The SMILES string of the molecule is CC(NS(=O)(=O)C/C=C/CC1CCC(=O)NC1=O)c1ccc(F)c(OCC2CC2)c1. The molecule has 9 heteroatoms. The molecule has 0 radical (unpaired) electrons. The molecule has 1 aromatic rings. The largest absolute Gasteiger partial charge is 0.490 e. The van der Waals surface area contributed by atoms with Gasteiger partial charge in [-0.25, -0.2) is 17.5 Å². The zero-order valence-corrected chi connectivity index (χ0v) is 17.7. The molecule has 2 aliphatic rings. The number of hydrogen-bond acceptors (Lipinski definition) is 5. The van der Waals surface area contributed by atoms with Crippen molar-refractivity contribution in [2.24, 2.45) is 11.8 Å². The highest BCUT2D eigenvalue weighted by Crippen LogP contribution is 2.31. The Morgan fingerprint density at radius 3 is 2.73 bits per heavy atom. The summed E-state index contributed by atoms with van der Waals surface area (Å²) >= 11 is 0. The molecule has 1 aliphatic heterocycles. The average molecular weight is 439 g/mol. The Balaban J connectivity index is 1.51. The first kappa shape index (κ1) is 22.4. The molecule has 2 atom stereocenters. The van der Waals surface area contributed by atoms with Gasteiger partial charge in [-0.2, -0.15) is 0 Å². The molecule has 1 heterocycles. The molecule has 0 bridgehead atoms. The van der Waals surface area contributed by atoms with Gasteiger partial charge in [-0.15, -0.1) is 0 Å². The number of allylic oxidation sites excluding steroid dienone is 1. The standard InChI is InChI=1S/C21H27FN2O5S/c1-14(17-7-9-18(22)19(12-17)29-13-15-5-6-15)24-30(27,28)11-3-2-4-16-8-10-20(25)23-21(16)26/h2-3,7,9,12,14-16,24H,4-6,8,10-11,13H2,1H3,(H,23,25,26)/b3-2+. The van der Waals surface area contributed by atoms with Gasteiger partial charge >= 0.3 is 0 Å². The van der Waals surface area contributed by atoms with Crippen molar-refractivity contribution in [3.05, 3.63) is 41.7 Å². The van der Waals surface area contributed by atoms with Gasteiger partial charge in [0.25, 0.3) is 0 Å². The molecule has 1 saturated heterocycles. The first-order chi connectivity index (χ1) is 14.2. The van der Waals surface area contributed by atoms with E-state index in [-0.39, 0.29) is 29.2 Å². The monoisotopic (exact) mass is 438 g/mol. The van der Waals surface area contributed by atoms with Crippen molar-refractivity contribution < 1.29 is 27.1 Å². The maximum Gasteiger partial charge on any atom is 0.229 e. The Morgan fingerprint density at radius 1 is 1.27 bits per heavy atom. The zero-order valence-electron chi connectivity index (χ0n) is 16.9. The fourth-order valence-corrected chi connectivity index (χ4v) is 4.36. The van der Waals surface area contributed by atoms with Gasteiger partial charge in [0, 0.05) is 18.4 Å². The Morgan fingerprint density at radius 2 is 2.03 bits per heavy atom. The van der Waals surface area contributed by atoms with E-state index in [1.807, 2.05) is 0 Å². The van der Waals surface area contributed by atoms with E-state index < -0.39 is 21.9 Å². The molecular formula is C21H27FN2O5S. The van der Waals surface area contributed by atoms with Crippen molar-refractivity contribution in [3.63, 3.8) is 0 Å². The number of hydrogen-bond donors (Lipinski definition) is 2. The lowest BCUT2D eigenvalue weighted by Crippen LogP contribution is -2.40. The molecule has 2 amide bonds. The molecular weight excluding hydrogens is 411 g/mol. The lowest BCUT2D eigenvalue weighted by atomic mass is 9.95. The van der Waals surface area contributed by atoms with Crippen molar-refractivity contribution in [3.8, 4) is 5.75 Å². The Bertz CT molecular complexity index is 927. The number of piperidine rings is 1. The van der Waals surface area contributed by atoms with Gasteiger partial charge in [0.05, 0.1) is 12.4 Å². The first-order valence-electron chi connectivity index (χ1n) is 10.1. The summed E-state index contributed by atoms with van der Waals surface area (Å²) in [6, 6.07) is 3.79. The van der Waals surface area contributed by atoms with Gasteiger partial charge in [-0.3, -0.25) is 14.9 Å². The zero-order chi connectivity index (χ0) is 21.7. The van der Waals surface area contributed by atoms with Crippen LogP contribution in [0.2, 0.25) is 0 Å². The van der Waals surface area contributed by atoms with Gasteiger partial charge in [0.1, 0.15) is 0 Å². The third kappa shape index (κ3) is 6.63. The van der Waals surface area contributed by atoms with Gasteiger partial charge in [-0.05, 0) is 56.2 Å². The summed E-state index contributed by atoms with van der Waals surface area (Å²) in [7, 11) is -3.62. The third-order valence-corrected chi connectivity index (χ3v) is 6.58. The van der Waals surface area contributed by atoms with E-state index in [0.717, 1.165) is 12.8 Å². The summed E-state index contributed by atoms with van der Waals surface area (Å²) in [4.78, 5) is 22.8. The summed E-state index contributed by atoms with van der Waals surface area (Å²) in [5.74, 6) is -1.00. The van der Waals surface area contributed by atoms with Crippen LogP contribution in [0.5, 0.6) is 5.75 Å². The number of halogens is 1. The number of benzene rings is 1. The van der Waals surface area contributed by atoms with Crippen LogP contribution < -0.4 is 14.8 Å². The summed E-state index contributed by atoms with van der Waals surface area (Å²) in [6.07, 6.45) is 6.46. The van der Waals surface area contributed by atoms with E-state index in [1.54, 1.807) is 13.0 Å². The number of sulfonamides is 1. The normalized spacial score (nSPS) is 20.9. The minimum absolute atomic E-state index is 0.134. The van der Waals surface area contributed by atoms with Crippen molar-refractivity contribution >= 4 is 21.8 Å². The molecule has 1 aliphatic carbocycles. The average Bonchev–Trinajstić information content (AvgIpc) is 3.50. The number of amides is 2. The van der Waals surface area contributed by atoms with E-state index in [0.29, 0.717) is 37.4 Å². The maximum atomic E-state index is 13.9. The van der Waals surface area contributed by atoms with Crippen LogP contribution in [0.25, 0.3) is 0 Å². The number of ether oxygens (including phenoxy) is 1. The fourth-order valence-electron chi connectivity index (χ4n) is 3.20. The molecule has 0 aromatic heterocycles. The molecule has 1 aromatic carbocycles. The van der Waals surface area contributed by atoms with Crippen LogP contribution in [-0.2, 0) is 19.6 Å². The maximum absolute atomic E-state index is 13.9. The van der Waals surface area contributed by atoms with Crippen LogP contribution in [0.4, 0.5) is 4.39 Å². The molecule has 1 saturated carbocycles. The van der Waals surface area contributed by atoms with Crippen LogP contribution >= 0.6 is 0 Å². The van der Waals surface area contributed by atoms with Gasteiger partial charge < -0.3 is 4.74 Å². The van der Waals surface area contributed by atoms with Gasteiger partial charge in [-0.1, -0.05) is 18.2 Å². The van der Waals surface area contributed by atoms with Crippen molar-refractivity contribution in [1.82, 2.24) is 10.0 Å². The quantitative estimate of drug-likeness (QED) is 0.432. The predicted octanol–water partition coefficient (Wildman–Crippen LogP) is 2.59. The predicted molar refractivity (Wildman–Crippen MR) is 110 cm³/mol. The summed E-state index contributed by atoms with van der Waals surface area (Å²) in [5, 5.41) is 2.28. The Labute approximate surface area is 176 Å². The number of carbonyl (C=O) groups excluding carboxylic acids is 2. The van der Waals surface area contributed by atoms with E-state index in [4.69, 9.17) is 4.74 Å². The first-order valence-corrected chi connectivity index (χ1v) is 11.8. The Kier molecular flexibility index (Phi) is 7.25. The highest BCUT2D eigenvalue weighted by molar-refractivity contribution is 7.89. The molecule has 7 nitrogen and oxygen atoms in total. The van der Waals surface area contributed by atoms with Crippen molar-refractivity contribution in [2.75, 3.05) is 12.4 Å². The molecule has 164 valence electrons. The molecule has 3 rings (SSSR count). The molecule has 2 unspecified atom stereocenters. The minimum Gasteiger partial charge on any atom is -0.490 e. The van der Waals surface area contributed by atoms with E-state index >= 15 is 0 Å². The third-order valence-electron chi connectivity index (χ3n) is 5.24. The van der Waals surface area contributed by atoms with Crippen molar-refractivity contribution in [2.45, 2.75) is 45.1 Å². The Hall–Kier alpha value is -2.26. The lowest BCUT2D eigenvalue weighted by Gasteiger charge is -2.19. The van der Waals surface area contributed by atoms with Gasteiger partial charge in [0.2, 0.25) is 21.8 Å². The van der Waals surface area contributed by atoms with Crippen LogP contribution in [-0.4, -0.2) is 32.6 Å². The highest BCUT2D eigenvalue weighted by atomic mass is 32.2. The lowest BCUT2D eigenvalue weighted by molar-refractivity contribution is -0.136. The number of nitrogens with one attached hydrogen (secondary N) is 2. The molecule has 2 N–H and O–H groups in total. The van der Waals surface area contributed by atoms with Crippen LogP contribution in [0.3, 0.4) is 0 Å².